The molecule has 2 aliphatic rings. The molecule has 146 valence electrons. The molecular formula is C21H24N4O3. The number of anilines is 2. The van der Waals surface area contributed by atoms with E-state index in [1.165, 1.54) is 12.3 Å². The summed E-state index contributed by atoms with van der Waals surface area (Å²) in [6, 6.07) is 10.2. The van der Waals surface area contributed by atoms with E-state index < -0.39 is 11.0 Å². The van der Waals surface area contributed by atoms with E-state index in [4.69, 9.17) is 0 Å². The zero-order valence-electron chi connectivity index (χ0n) is 16.1. The van der Waals surface area contributed by atoms with Gasteiger partial charge in [0.2, 0.25) is 11.7 Å². The van der Waals surface area contributed by atoms with Crippen molar-refractivity contribution in [3.05, 3.63) is 58.3 Å². The minimum absolute atomic E-state index is 0.0227. The highest BCUT2D eigenvalue weighted by Gasteiger charge is 2.41. The summed E-state index contributed by atoms with van der Waals surface area (Å²) in [5.41, 5.74) is 1.75. The number of nitro groups is 1. The van der Waals surface area contributed by atoms with Crippen molar-refractivity contribution in [2.24, 2.45) is 11.8 Å². The van der Waals surface area contributed by atoms with Crippen molar-refractivity contribution in [1.29, 1.82) is 0 Å². The molecule has 2 aromatic rings. The summed E-state index contributed by atoms with van der Waals surface area (Å²) in [4.78, 5) is 32.7. The molecule has 0 unspecified atom stereocenters. The number of amides is 1. The van der Waals surface area contributed by atoms with Crippen LogP contribution >= 0.6 is 0 Å². The lowest BCUT2D eigenvalue weighted by molar-refractivity contribution is -0.384. The van der Waals surface area contributed by atoms with Gasteiger partial charge in [0.25, 0.3) is 0 Å². The Morgan fingerprint density at radius 2 is 1.86 bits per heavy atom. The number of carbonyl (C=O) groups excluding carboxylic acids is 1. The molecule has 1 saturated heterocycles. The van der Waals surface area contributed by atoms with Gasteiger partial charge in [0.15, 0.2) is 0 Å². The molecule has 0 N–H and O–H groups in total. The summed E-state index contributed by atoms with van der Waals surface area (Å²) in [6.45, 7) is 5.80. The van der Waals surface area contributed by atoms with Crippen molar-refractivity contribution in [3.63, 3.8) is 0 Å². The summed E-state index contributed by atoms with van der Waals surface area (Å²) >= 11 is 0. The van der Waals surface area contributed by atoms with Gasteiger partial charge in [0.05, 0.1) is 4.92 Å². The van der Waals surface area contributed by atoms with E-state index in [2.05, 4.69) is 18.8 Å². The molecule has 0 bridgehead atoms. The molecule has 0 radical (unpaired) electrons. The molecule has 1 aromatic carbocycles. The summed E-state index contributed by atoms with van der Waals surface area (Å²) < 4.78 is 0. The number of rotatable bonds is 3. The molecule has 4 rings (SSSR count). The molecule has 0 saturated carbocycles. The lowest BCUT2D eigenvalue weighted by Crippen LogP contribution is -2.51. The third-order valence-electron chi connectivity index (χ3n) is 5.63. The third kappa shape index (κ3) is 3.21. The maximum atomic E-state index is 13.5. The average molecular weight is 380 g/mol. The van der Waals surface area contributed by atoms with Crippen LogP contribution in [-0.2, 0) is 11.2 Å². The smallest absolute Gasteiger partial charge is 0.311 e. The molecule has 28 heavy (non-hydrogen) atoms. The monoisotopic (exact) mass is 380 g/mol. The van der Waals surface area contributed by atoms with Crippen molar-refractivity contribution in [2.75, 3.05) is 18.0 Å². The molecule has 0 aliphatic carbocycles. The van der Waals surface area contributed by atoms with Gasteiger partial charge in [-0.3, -0.25) is 14.9 Å². The van der Waals surface area contributed by atoms with Gasteiger partial charge in [-0.15, -0.1) is 0 Å². The first-order valence-corrected chi connectivity index (χ1v) is 9.71. The predicted molar refractivity (Wildman–Crippen MR) is 106 cm³/mol. The summed E-state index contributed by atoms with van der Waals surface area (Å²) in [6.07, 6.45) is 3.18. The fraction of sp³-hybridized carbons (Fsp3) is 0.429. The second kappa shape index (κ2) is 7.22. The predicted octanol–water partition coefficient (Wildman–Crippen LogP) is 3.56. The highest BCUT2D eigenvalue weighted by Crippen LogP contribution is 2.41. The fourth-order valence-corrected chi connectivity index (χ4v) is 4.62. The summed E-state index contributed by atoms with van der Waals surface area (Å²) in [5.74, 6) is 1.16. The van der Waals surface area contributed by atoms with E-state index in [1.807, 2.05) is 29.2 Å². The second-order valence-corrected chi connectivity index (χ2v) is 8.01. The zero-order valence-corrected chi connectivity index (χ0v) is 16.1. The number of carbonyl (C=O) groups is 1. The Hall–Kier alpha value is -2.96. The molecule has 1 aromatic heterocycles. The van der Waals surface area contributed by atoms with E-state index >= 15 is 0 Å². The van der Waals surface area contributed by atoms with Crippen LogP contribution in [-0.4, -0.2) is 39.8 Å². The second-order valence-electron chi connectivity index (χ2n) is 8.01. The van der Waals surface area contributed by atoms with Crippen LogP contribution in [0.2, 0.25) is 0 Å². The van der Waals surface area contributed by atoms with Crippen LogP contribution in [0.25, 0.3) is 0 Å². The first-order chi connectivity index (χ1) is 13.5. The molecule has 3 atom stereocenters. The fourth-order valence-electron chi connectivity index (χ4n) is 4.62. The van der Waals surface area contributed by atoms with Gasteiger partial charge >= 0.3 is 5.69 Å². The number of nitrogens with zero attached hydrogens (tertiary/aromatic N) is 4. The van der Waals surface area contributed by atoms with Crippen molar-refractivity contribution < 1.29 is 9.72 Å². The normalized spacial score (nSPS) is 24.1. The standard InChI is InChI=1S/C21H24N4O3/c1-14-10-15(2)13-23(12-14)21(26)19-11-16-6-3-4-7-17(16)24(19)20-18(25(27)28)8-5-9-22-20/h3-9,14-15,19H,10-13H2,1-2H3/t14-,15+,19-/m0/s1. The van der Waals surface area contributed by atoms with Gasteiger partial charge in [-0.05, 0) is 36.0 Å². The molecule has 0 spiro atoms. The molecular weight excluding hydrogens is 356 g/mol. The quantitative estimate of drug-likeness (QED) is 0.601. The number of aromatic nitrogens is 1. The Balaban J connectivity index is 1.75. The van der Waals surface area contributed by atoms with Crippen molar-refractivity contribution >= 4 is 23.1 Å². The maximum absolute atomic E-state index is 13.5. The Labute approximate surface area is 164 Å². The lowest BCUT2D eigenvalue weighted by Gasteiger charge is -2.38. The number of piperidine rings is 1. The number of hydrogen-bond acceptors (Lipinski definition) is 5. The average Bonchev–Trinajstić information content (AvgIpc) is 3.06. The maximum Gasteiger partial charge on any atom is 0.311 e. The van der Waals surface area contributed by atoms with Crippen LogP contribution in [0, 0.1) is 22.0 Å². The van der Waals surface area contributed by atoms with E-state index in [9.17, 15) is 14.9 Å². The summed E-state index contributed by atoms with van der Waals surface area (Å²) in [5, 5.41) is 11.6. The largest absolute Gasteiger partial charge is 0.340 e. The SMILES string of the molecule is C[C@@H]1C[C@H](C)CN(C(=O)[C@@H]2Cc3ccccc3N2c2ncccc2[N+](=O)[O-])C1. The molecule has 3 heterocycles. The van der Waals surface area contributed by atoms with Crippen LogP contribution in [0.1, 0.15) is 25.8 Å². The van der Waals surface area contributed by atoms with Gasteiger partial charge < -0.3 is 9.80 Å². The van der Waals surface area contributed by atoms with Crippen LogP contribution in [0.4, 0.5) is 17.2 Å². The van der Waals surface area contributed by atoms with Crippen LogP contribution in [0.3, 0.4) is 0 Å². The molecule has 1 amide bonds. The molecule has 7 heteroatoms. The topological polar surface area (TPSA) is 79.6 Å². The van der Waals surface area contributed by atoms with E-state index in [0.29, 0.717) is 18.3 Å². The Bertz CT molecular complexity index is 906. The van der Waals surface area contributed by atoms with Crippen molar-refractivity contribution in [1.82, 2.24) is 9.88 Å². The van der Waals surface area contributed by atoms with Gasteiger partial charge in [-0.1, -0.05) is 32.0 Å². The number of likely N-dealkylation sites (tertiary alicyclic amines) is 1. The van der Waals surface area contributed by atoms with Gasteiger partial charge in [-0.2, -0.15) is 0 Å². The highest BCUT2D eigenvalue weighted by atomic mass is 16.6. The number of fused-ring (bicyclic) bond motifs is 1. The minimum Gasteiger partial charge on any atom is -0.340 e. The molecule has 7 nitrogen and oxygen atoms in total. The Morgan fingerprint density at radius 3 is 2.57 bits per heavy atom. The first-order valence-electron chi connectivity index (χ1n) is 9.71. The zero-order chi connectivity index (χ0) is 19.8. The van der Waals surface area contributed by atoms with E-state index in [0.717, 1.165) is 30.8 Å². The number of pyridine rings is 1. The number of benzene rings is 1. The lowest BCUT2D eigenvalue weighted by atomic mass is 9.91. The van der Waals surface area contributed by atoms with Gasteiger partial charge in [0.1, 0.15) is 6.04 Å². The summed E-state index contributed by atoms with van der Waals surface area (Å²) in [7, 11) is 0. The Kier molecular flexibility index (Phi) is 4.75. The highest BCUT2D eigenvalue weighted by molar-refractivity contribution is 5.92. The van der Waals surface area contributed by atoms with Crippen molar-refractivity contribution in [2.45, 2.75) is 32.7 Å². The minimum atomic E-state index is -0.511. The van der Waals surface area contributed by atoms with E-state index in [1.54, 1.807) is 11.0 Å². The number of hydrogen-bond donors (Lipinski definition) is 0. The molecule has 1 fully saturated rings. The van der Waals surface area contributed by atoms with E-state index in [-0.39, 0.29) is 17.4 Å². The first kappa shape index (κ1) is 18.4. The third-order valence-corrected chi connectivity index (χ3v) is 5.63. The van der Waals surface area contributed by atoms with Gasteiger partial charge in [0, 0.05) is 37.5 Å². The Morgan fingerprint density at radius 1 is 1.14 bits per heavy atom. The van der Waals surface area contributed by atoms with Crippen LogP contribution < -0.4 is 4.90 Å². The molecule has 2 aliphatic heterocycles. The van der Waals surface area contributed by atoms with Crippen molar-refractivity contribution in [3.8, 4) is 0 Å². The number of para-hydroxylation sites is 1. The van der Waals surface area contributed by atoms with Crippen LogP contribution in [0.15, 0.2) is 42.6 Å². The van der Waals surface area contributed by atoms with Gasteiger partial charge in [-0.25, -0.2) is 4.98 Å². The van der Waals surface area contributed by atoms with Crippen LogP contribution in [0.5, 0.6) is 0 Å².